The van der Waals surface area contributed by atoms with E-state index in [-0.39, 0.29) is 25.0 Å². The van der Waals surface area contributed by atoms with Crippen LogP contribution in [0.4, 0.5) is 0 Å². The molecule has 15 heteroatoms. The van der Waals surface area contributed by atoms with Crippen molar-refractivity contribution in [2.45, 2.75) is 62.7 Å². The Hall–Kier alpha value is -3.85. The zero-order valence-corrected chi connectivity index (χ0v) is 22.1. The summed E-state index contributed by atoms with van der Waals surface area (Å²) in [5.41, 5.74) is 6.66. The van der Waals surface area contributed by atoms with Crippen molar-refractivity contribution in [1.82, 2.24) is 16.0 Å². The molecule has 0 aliphatic heterocycles. The first kappa shape index (κ1) is 33.2. The molecule has 0 saturated carbocycles. The minimum Gasteiger partial charge on any atom is -0.508 e. The largest absolute Gasteiger partial charge is 0.508 e. The number of carbonyl (C=O) groups is 6. The van der Waals surface area contributed by atoms with Gasteiger partial charge in [-0.25, -0.2) is 4.79 Å². The molecule has 4 unspecified atom stereocenters. The molecule has 1 aromatic carbocycles. The molecule has 3 amide bonds. The second kappa shape index (κ2) is 16.9. The van der Waals surface area contributed by atoms with Crippen molar-refractivity contribution in [3.8, 4) is 5.75 Å². The van der Waals surface area contributed by atoms with Crippen LogP contribution >= 0.6 is 11.8 Å². The molecule has 0 spiro atoms. The van der Waals surface area contributed by atoms with Gasteiger partial charge in [-0.2, -0.15) is 11.8 Å². The third kappa shape index (κ3) is 13.0. The highest BCUT2D eigenvalue weighted by molar-refractivity contribution is 7.98. The van der Waals surface area contributed by atoms with Crippen LogP contribution in [0.15, 0.2) is 24.3 Å². The predicted molar refractivity (Wildman–Crippen MR) is 140 cm³/mol. The number of nitrogens with two attached hydrogens (primary N) is 1. The van der Waals surface area contributed by atoms with E-state index < -0.39 is 79.1 Å². The van der Waals surface area contributed by atoms with Crippen LogP contribution < -0.4 is 21.7 Å². The normalized spacial score (nSPS) is 13.8. The first-order valence-electron chi connectivity index (χ1n) is 11.9. The zero-order chi connectivity index (χ0) is 29.5. The lowest BCUT2D eigenvalue weighted by atomic mass is 10.0. The first-order chi connectivity index (χ1) is 18.3. The van der Waals surface area contributed by atoms with Crippen LogP contribution in [-0.2, 0) is 35.2 Å². The van der Waals surface area contributed by atoms with Gasteiger partial charge >= 0.3 is 17.9 Å². The molecular formula is C24H34N4O10S. The molecule has 0 fully saturated rings. The van der Waals surface area contributed by atoms with E-state index in [1.165, 1.54) is 23.9 Å². The molecule has 0 bridgehead atoms. The lowest BCUT2D eigenvalue weighted by Crippen LogP contribution is -2.57. The molecule has 0 saturated heterocycles. The highest BCUT2D eigenvalue weighted by Crippen LogP contribution is 2.11. The van der Waals surface area contributed by atoms with Crippen molar-refractivity contribution in [2.24, 2.45) is 5.73 Å². The van der Waals surface area contributed by atoms with Gasteiger partial charge in [0.1, 0.15) is 23.9 Å². The zero-order valence-electron chi connectivity index (χ0n) is 21.3. The Balaban J connectivity index is 2.98. The van der Waals surface area contributed by atoms with Gasteiger partial charge in [0.05, 0.1) is 6.04 Å². The molecule has 0 aliphatic rings. The number of phenols is 1. The number of carboxylic acid groups (broad SMARTS) is 3. The molecule has 0 heterocycles. The van der Waals surface area contributed by atoms with E-state index in [4.69, 9.17) is 15.9 Å². The van der Waals surface area contributed by atoms with Gasteiger partial charge in [0, 0.05) is 12.8 Å². The third-order valence-electron chi connectivity index (χ3n) is 5.51. The van der Waals surface area contributed by atoms with E-state index in [1.807, 2.05) is 0 Å². The highest BCUT2D eigenvalue weighted by Gasteiger charge is 2.30. The van der Waals surface area contributed by atoms with Gasteiger partial charge < -0.3 is 42.1 Å². The second-order valence-corrected chi connectivity index (χ2v) is 9.63. The number of carboxylic acids is 3. The van der Waals surface area contributed by atoms with Crippen molar-refractivity contribution in [1.29, 1.82) is 0 Å². The summed E-state index contributed by atoms with van der Waals surface area (Å²) >= 11 is 1.39. The maximum absolute atomic E-state index is 13.1. The summed E-state index contributed by atoms with van der Waals surface area (Å²) in [6, 6.07) is 0.817. The van der Waals surface area contributed by atoms with Crippen LogP contribution in [0, 0.1) is 0 Å². The van der Waals surface area contributed by atoms with E-state index in [2.05, 4.69) is 16.0 Å². The number of aliphatic carboxylic acids is 3. The van der Waals surface area contributed by atoms with E-state index in [1.54, 1.807) is 18.4 Å². The molecule has 14 nitrogen and oxygen atoms in total. The summed E-state index contributed by atoms with van der Waals surface area (Å²) in [7, 11) is 0. The van der Waals surface area contributed by atoms with Crippen LogP contribution in [0.1, 0.15) is 37.7 Å². The first-order valence-corrected chi connectivity index (χ1v) is 13.3. The van der Waals surface area contributed by atoms with Crippen molar-refractivity contribution >= 4 is 47.4 Å². The summed E-state index contributed by atoms with van der Waals surface area (Å²) in [6.07, 6.45) is 0.137. The summed E-state index contributed by atoms with van der Waals surface area (Å²) in [4.78, 5) is 71.9. The number of carbonyl (C=O) groups excluding carboxylic acids is 3. The van der Waals surface area contributed by atoms with Crippen LogP contribution in [0.5, 0.6) is 5.75 Å². The number of hydrogen-bond acceptors (Lipinski definition) is 9. The lowest BCUT2D eigenvalue weighted by molar-refractivity contribution is -0.144. The molecule has 216 valence electrons. The maximum atomic E-state index is 13.1. The van der Waals surface area contributed by atoms with Crippen LogP contribution in [0.2, 0.25) is 0 Å². The minimum absolute atomic E-state index is 0.0450. The Morgan fingerprint density at radius 2 is 1.23 bits per heavy atom. The standard InChI is InChI=1S/C24H34N4O10S/c1-39-11-10-17(26-21(34)15(25)12-13-2-4-14(29)5-3-13)23(36)27-16(6-8-19(30)31)22(35)28-18(24(37)38)7-9-20(32)33/h2-5,15-18,29H,6-12,25H2,1H3,(H,26,34)(H,27,36)(H,28,35)(H,30,31)(H,32,33)(H,37,38). The fourth-order valence-electron chi connectivity index (χ4n) is 3.37. The molecule has 0 aromatic heterocycles. The van der Waals surface area contributed by atoms with Gasteiger partial charge in [-0.05, 0) is 55.4 Å². The second-order valence-electron chi connectivity index (χ2n) is 8.65. The number of phenolic OH excluding ortho intramolecular Hbond substituents is 1. The molecule has 39 heavy (non-hydrogen) atoms. The van der Waals surface area contributed by atoms with Crippen LogP contribution in [0.25, 0.3) is 0 Å². The number of amides is 3. The third-order valence-corrected chi connectivity index (χ3v) is 6.16. The number of hydrogen-bond donors (Lipinski definition) is 8. The maximum Gasteiger partial charge on any atom is 0.326 e. The molecule has 4 atom stereocenters. The van der Waals surface area contributed by atoms with Crippen LogP contribution in [0.3, 0.4) is 0 Å². The highest BCUT2D eigenvalue weighted by atomic mass is 32.2. The topological polar surface area (TPSA) is 245 Å². The van der Waals surface area contributed by atoms with Gasteiger partial charge in [0.25, 0.3) is 0 Å². The van der Waals surface area contributed by atoms with Crippen molar-refractivity contribution < 1.29 is 49.2 Å². The number of aromatic hydroxyl groups is 1. The Labute approximate surface area is 228 Å². The molecule has 1 aromatic rings. The molecule has 0 aliphatic carbocycles. The predicted octanol–water partition coefficient (Wildman–Crippen LogP) is -0.716. The number of nitrogens with one attached hydrogen (secondary N) is 3. The van der Waals surface area contributed by atoms with E-state index in [0.717, 1.165) is 0 Å². The fourth-order valence-corrected chi connectivity index (χ4v) is 3.84. The molecule has 9 N–H and O–H groups in total. The fraction of sp³-hybridized carbons (Fsp3) is 0.500. The summed E-state index contributed by atoms with van der Waals surface area (Å²) in [5, 5.41) is 43.6. The number of rotatable bonds is 18. The van der Waals surface area contributed by atoms with Gasteiger partial charge in [-0.3, -0.25) is 24.0 Å². The van der Waals surface area contributed by atoms with Crippen molar-refractivity contribution in [3.63, 3.8) is 0 Å². The number of thioether (sulfide) groups is 1. The average molecular weight is 571 g/mol. The summed E-state index contributed by atoms with van der Waals surface area (Å²) in [6.45, 7) is 0. The average Bonchev–Trinajstić information content (AvgIpc) is 2.87. The van der Waals surface area contributed by atoms with E-state index >= 15 is 0 Å². The van der Waals surface area contributed by atoms with Crippen molar-refractivity contribution in [3.05, 3.63) is 29.8 Å². The van der Waals surface area contributed by atoms with Gasteiger partial charge in [-0.15, -0.1) is 0 Å². The Morgan fingerprint density at radius 3 is 1.72 bits per heavy atom. The number of benzene rings is 1. The van der Waals surface area contributed by atoms with Crippen molar-refractivity contribution in [2.75, 3.05) is 12.0 Å². The van der Waals surface area contributed by atoms with E-state index in [9.17, 15) is 39.0 Å². The van der Waals surface area contributed by atoms with E-state index in [0.29, 0.717) is 11.3 Å². The van der Waals surface area contributed by atoms with Gasteiger partial charge in [0.2, 0.25) is 17.7 Å². The van der Waals surface area contributed by atoms with Crippen LogP contribution in [-0.4, -0.2) is 92.2 Å². The molecule has 1 rings (SSSR count). The summed E-state index contributed by atoms with van der Waals surface area (Å²) < 4.78 is 0. The van der Waals surface area contributed by atoms with Gasteiger partial charge in [0.15, 0.2) is 0 Å². The molecule has 0 radical (unpaired) electrons. The monoisotopic (exact) mass is 570 g/mol. The summed E-state index contributed by atoms with van der Waals surface area (Å²) in [5.74, 6) is -6.04. The smallest absolute Gasteiger partial charge is 0.326 e. The SMILES string of the molecule is CSCCC(NC(=O)C(N)Cc1ccc(O)cc1)C(=O)NC(CCC(=O)O)C(=O)NC(CCC(=O)O)C(=O)O. The Bertz CT molecular complexity index is 1020. The Morgan fingerprint density at radius 1 is 0.769 bits per heavy atom. The minimum atomic E-state index is -1.58. The quantitative estimate of drug-likeness (QED) is 0.109. The Kier molecular flexibility index (Phi) is 14.4. The lowest BCUT2D eigenvalue weighted by Gasteiger charge is -2.25. The molecular weight excluding hydrogens is 536 g/mol. The van der Waals surface area contributed by atoms with Gasteiger partial charge in [-0.1, -0.05) is 12.1 Å².